The van der Waals surface area contributed by atoms with E-state index in [0.717, 1.165) is 17.4 Å². The van der Waals surface area contributed by atoms with Gasteiger partial charge in [0.2, 0.25) is 0 Å². The van der Waals surface area contributed by atoms with Gasteiger partial charge in [0.05, 0.1) is 0 Å². The smallest absolute Gasteiger partial charge is 0.253 e. The van der Waals surface area contributed by atoms with E-state index >= 15 is 0 Å². The van der Waals surface area contributed by atoms with E-state index in [4.69, 9.17) is 0 Å². The standard InChI is InChI=1S/C16H24N4O/c1-11-9-14(11)19-16(17-2)18-10-12-5-7-13(8-6-12)15(21)20(3)4/h5-8,11,14H,9-10H2,1-4H3,(H2,17,18,19). The minimum absolute atomic E-state index is 0.0229. The predicted octanol–water partition coefficient (Wildman–Crippen LogP) is 1.46. The summed E-state index contributed by atoms with van der Waals surface area (Å²) in [5.41, 5.74) is 1.83. The lowest BCUT2D eigenvalue weighted by Crippen LogP contribution is -2.38. The molecule has 1 amide bonds. The molecule has 0 spiro atoms. The SMILES string of the molecule is CN=C(NCc1ccc(C(=O)N(C)C)cc1)NC1CC1C. The van der Waals surface area contributed by atoms with E-state index in [1.807, 2.05) is 24.3 Å². The molecule has 2 N–H and O–H groups in total. The molecule has 0 aliphatic heterocycles. The molecule has 2 rings (SSSR count). The highest BCUT2D eigenvalue weighted by molar-refractivity contribution is 5.93. The highest BCUT2D eigenvalue weighted by Gasteiger charge is 2.33. The highest BCUT2D eigenvalue weighted by Crippen LogP contribution is 2.28. The topological polar surface area (TPSA) is 56.7 Å². The Morgan fingerprint density at radius 3 is 2.43 bits per heavy atom. The maximum atomic E-state index is 11.8. The van der Waals surface area contributed by atoms with Crippen molar-refractivity contribution in [2.24, 2.45) is 10.9 Å². The first-order valence-electron chi connectivity index (χ1n) is 7.29. The number of amides is 1. The van der Waals surface area contributed by atoms with Crippen LogP contribution in [0.4, 0.5) is 0 Å². The summed E-state index contributed by atoms with van der Waals surface area (Å²) in [5.74, 6) is 1.59. The van der Waals surface area contributed by atoms with Gasteiger partial charge in [0.1, 0.15) is 0 Å². The molecule has 1 saturated carbocycles. The van der Waals surface area contributed by atoms with Crippen molar-refractivity contribution in [2.75, 3.05) is 21.1 Å². The van der Waals surface area contributed by atoms with Crippen LogP contribution in [0.25, 0.3) is 0 Å². The Morgan fingerprint density at radius 2 is 1.95 bits per heavy atom. The molecule has 0 saturated heterocycles. The molecular weight excluding hydrogens is 264 g/mol. The molecule has 21 heavy (non-hydrogen) atoms. The molecule has 0 heterocycles. The number of guanidine groups is 1. The lowest BCUT2D eigenvalue weighted by molar-refractivity contribution is 0.0827. The summed E-state index contributed by atoms with van der Waals surface area (Å²) in [4.78, 5) is 17.6. The third-order valence-electron chi connectivity index (χ3n) is 3.72. The van der Waals surface area contributed by atoms with Crippen LogP contribution in [0.5, 0.6) is 0 Å². The van der Waals surface area contributed by atoms with Crippen LogP contribution in [0.3, 0.4) is 0 Å². The summed E-state index contributed by atoms with van der Waals surface area (Å²) in [6.07, 6.45) is 1.21. The first-order chi connectivity index (χ1) is 10.0. The van der Waals surface area contributed by atoms with Crippen molar-refractivity contribution in [3.05, 3.63) is 35.4 Å². The van der Waals surface area contributed by atoms with E-state index < -0.39 is 0 Å². The summed E-state index contributed by atoms with van der Waals surface area (Å²) in [7, 11) is 5.29. The predicted molar refractivity (Wildman–Crippen MR) is 85.4 cm³/mol. The number of carbonyl (C=O) groups excluding carboxylic acids is 1. The number of hydrogen-bond donors (Lipinski definition) is 2. The largest absolute Gasteiger partial charge is 0.353 e. The van der Waals surface area contributed by atoms with Crippen LogP contribution < -0.4 is 10.6 Å². The Labute approximate surface area is 126 Å². The van der Waals surface area contributed by atoms with Crippen molar-refractivity contribution in [1.82, 2.24) is 15.5 Å². The van der Waals surface area contributed by atoms with Gasteiger partial charge in [-0.3, -0.25) is 9.79 Å². The van der Waals surface area contributed by atoms with Crippen molar-refractivity contribution in [2.45, 2.75) is 25.9 Å². The van der Waals surface area contributed by atoms with Crippen LogP contribution in [0.2, 0.25) is 0 Å². The van der Waals surface area contributed by atoms with Crippen LogP contribution in [-0.2, 0) is 6.54 Å². The van der Waals surface area contributed by atoms with E-state index in [1.165, 1.54) is 6.42 Å². The third kappa shape index (κ3) is 4.21. The lowest BCUT2D eigenvalue weighted by atomic mass is 10.1. The molecule has 1 aliphatic carbocycles. The molecule has 0 radical (unpaired) electrons. The van der Waals surface area contributed by atoms with E-state index in [2.05, 4.69) is 22.5 Å². The van der Waals surface area contributed by atoms with Gasteiger partial charge in [-0.25, -0.2) is 0 Å². The molecule has 1 fully saturated rings. The molecule has 1 aromatic rings. The molecule has 5 heteroatoms. The van der Waals surface area contributed by atoms with E-state index in [-0.39, 0.29) is 5.91 Å². The number of rotatable bonds is 4. The van der Waals surface area contributed by atoms with Gasteiger partial charge >= 0.3 is 0 Å². The van der Waals surface area contributed by atoms with Gasteiger partial charge in [-0.15, -0.1) is 0 Å². The molecule has 0 bridgehead atoms. The van der Waals surface area contributed by atoms with Crippen molar-refractivity contribution in [1.29, 1.82) is 0 Å². The zero-order chi connectivity index (χ0) is 15.4. The lowest BCUT2D eigenvalue weighted by Gasteiger charge is -2.13. The average molecular weight is 288 g/mol. The van der Waals surface area contributed by atoms with Crippen molar-refractivity contribution < 1.29 is 4.79 Å². The number of benzene rings is 1. The fourth-order valence-electron chi connectivity index (χ4n) is 2.10. The number of carbonyl (C=O) groups is 1. The third-order valence-corrected chi connectivity index (χ3v) is 3.72. The van der Waals surface area contributed by atoms with Gasteiger partial charge in [0.25, 0.3) is 5.91 Å². The second-order valence-electron chi connectivity index (χ2n) is 5.79. The van der Waals surface area contributed by atoms with Crippen LogP contribution in [0.15, 0.2) is 29.3 Å². The minimum atomic E-state index is 0.0229. The molecule has 114 valence electrons. The number of nitrogens with zero attached hydrogens (tertiary/aromatic N) is 2. The Kier molecular flexibility index (Phi) is 4.83. The summed E-state index contributed by atoms with van der Waals surface area (Å²) < 4.78 is 0. The van der Waals surface area contributed by atoms with Gasteiger partial charge in [0, 0.05) is 39.3 Å². The van der Waals surface area contributed by atoms with Crippen LogP contribution in [0.1, 0.15) is 29.3 Å². The molecule has 1 aromatic carbocycles. The van der Waals surface area contributed by atoms with E-state index in [9.17, 15) is 4.79 Å². The van der Waals surface area contributed by atoms with Gasteiger partial charge in [-0.1, -0.05) is 19.1 Å². The Hall–Kier alpha value is -2.04. The normalized spacial score (nSPS) is 20.9. The molecule has 5 nitrogen and oxygen atoms in total. The number of nitrogens with one attached hydrogen (secondary N) is 2. The molecule has 0 aromatic heterocycles. The highest BCUT2D eigenvalue weighted by atomic mass is 16.2. The fourth-order valence-corrected chi connectivity index (χ4v) is 2.10. The number of aliphatic imine (C=N–C) groups is 1. The van der Waals surface area contributed by atoms with E-state index in [1.54, 1.807) is 26.0 Å². The maximum absolute atomic E-state index is 11.8. The second-order valence-corrected chi connectivity index (χ2v) is 5.79. The monoisotopic (exact) mass is 288 g/mol. The molecule has 2 atom stereocenters. The van der Waals surface area contributed by atoms with Gasteiger partial charge in [-0.2, -0.15) is 0 Å². The summed E-state index contributed by atoms with van der Waals surface area (Å²) in [5, 5.41) is 6.68. The quantitative estimate of drug-likeness (QED) is 0.651. The Morgan fingerprint density at radius 1 is 1.33 bits per heavy atom. The Bertz CT molecular complexity index is 522. The average Bonchev–Trinajstić information content (AvgIpc) is 3.18. The fraction of sp³-hybridized carbons (Fsp3) is 0.500. The summed E-state index contributed by atoms with van der Waals surface area (Å²) in [6, 6.07) is 8.21. The first-order valence-corrected chi connectivity index (χ1v) is 7.29. The van der Waals surface area contributed by atoms with Crippen molar-refractivity contribution in [3.8, 4) is 0 Å². The van der Waals surface area contributed by atoms with Crippen LogP contribution in [-0.4, -0.2) is 44.0 Å². The Balaban J connectivity index is 1.86. The van der Waals surface area contributed by atoms with Gasteiger partial charge in [-0.05, 0) is 30.0 Å². The molecule has 2 unspecified atom stereocenters. The first kappa shape index (κ1) is 15.4. The summed E-state index contributed by atoms with van der Waals surface area (Å²) >= 11 is 0. The second kappa shape index (κ2) is 6.61. The maximum Gasteiger partial charge on any atom is 0.253 e. The van der Waals surface area contributed by atoms with Crippen molar-refractivity contribution in [3.63, 3.8) is 0 Å². The van der Waals surface area contributed by atoms with Crippen LogP contribution >= 0.6 is 0 Å². The summed E-state index contributed by atoms with van der Waals surface area (Å²) in [6.45, 7) is 2.92. The number of hydrogen-bond acceptors (Lipinski definition) is 2. The van der Waals surface area contributed by atoms with Gasteiger partial charge in [0.15, 0.2) is 5.96 Å². The van der Waals surface area contributed by atoms with E-state index in [0.29, 0.717) is 18.2 Å². The minimum Gasteiger partial charge on any atom is -0.353 e. The zero-order valence-corrected chi connectivity index (χ0v) is 13.2. The molecular formula is C16H24N4O. The van der Waals surface area contributed by atoms with Crippen LogP contribution in [0, 0.1) is 5.92 Å². The zero-order valence-electron chi connectivity index (χ0n) is 13.2. The van der Waals surface area contributed by atoms with Gasteiger partial charge < -0.3 is 15.5 Å². The van der Waals surface area contributed by atoms with Crippen molar-refractivity contribution >= 4 is 11.9 Å². The molecule has 1 aliphatic rings.